The van der Waals surface area contributed by atoms with E-state index in [1.165, 1.54) is 0 Å². The van der Waals surface area contributed by atoms with E-state index in [1.807, 2.05) is 19.9 Å². The molecule has 0 spiro atoms. The summed E-state index contributed by atoms with van der Waals surface area (Å²) < 4.78 is 22.2. The second-order valence-electron chi connectivity index (χ2n) is 8.95. The van der Waals surface area contributed by atoms with E-state index in [0.29, 0.717) is 18.4 Å². The molecule has 1 aromatic rings. The number of carbonyl (C=O) groups excluding carboxylic acids is 2. The minimum Gasteiger partial charge on any atom is -0.472 e. The fraction of sp³-hybridized carbons (Fsp3) is 0.600. The number of allylic oxidation sites excluding steroid dienone is 1. The molecule has 7 nitrogen and oxygen atoms in total. The van der Waals surface area contributed by atoms with Gasteiger partial charge >= 0.3 is 11.9 Å². The van der Waals surface area contributed by atoms with Gasteiger partial charge in [0, 0.05) is 27.9 Å². The summed E-state index contributed by atoms with van der Waals surface area (Å²) in [5.74, 6) is -1.20. The van der Waals surface area contributed by atoms with Gasteiger partial charge in [0.1, 0.15) is 24.4 Å². The van der Waals surface area contributed by atoms with Gasteiger partial charge in [-0.05, 0) is 18.9 Å². The summed E-state index contributed by atoms with van der Waals surface area (Å²) in [4.78, 5) is 25.4. The minimum absolute atomic E-state index is 0.237. The summed E-state index contributed by atoms with van der Waals surface area (Å²) in [6, 6.07) is 1.79. The third-order valence-electron chi connectivity index (χ3n) is 7.73. The first kappa shape index (κ1) is 15.9. The van der Waals surface area contributed by atoms with Crippen molar-refractivity contribution in [3.63, 3.8) is 0 Å². The highest BCUT2D eigenvalue weighted by molar-refractivity contribution is 5.92. The molecular formula is C20H20O7. The van der Waals surface area contributed by atoms with Crippen LogP contribution in [0.4, 0.5) is 0 Å². The van der Waals surface area contributed by atoms with Gasteiger partial charge in [0.15, 0.2) is 5.60 Å². The number of carbonyl (C=O) groups is 2. The van der Waals surface area contributed by atoms with Crippen molar-refractivity contribution < 1.29 is 33.3 Å². The smallest absolute Gasteiger partial charge is 0.342 e. The van der Waals surface area contributed by atoms with Crippen LogP contribution in [0.3, 0.4) is 0 Å². The third-order valence-corrected chi connectivity index (χ3v) is 7.73. The molecule has 1 aromatic heterocycles. The first-order valence-electron chi connectivity index (χ1n) is 9.33. The predicted molar refractivity (Wildman–Crippen MR) is 88.1 cm³/mol. The van der Waals surface area contributed by atoms with Crippen LogP contribution in [-0.2, 0) is 23.8 Å². The maximum atomic E-state index is 12.8. The summed E-state index contributed by atoms with van der Waals surface area (Å²) in [6.45, 7) is 3.94. The number of rotatable bonds is 1. The zero-order chi connectivity index (χ0) is 18.8. The van der Waals surface area contributed by atoms with Crippen LogP contribution in [-0.4, -0.2) is 41.0 Å². The molecule has 8 atom stereocenters. The van der Waals surface area contributed by atoms with E-state index in [0.717, 1.165) is 5.56 Å². The van der Waals surface area contributed by atoms with Crippen LogP contribution in [0.15, 0.2) is 34.7 Å². The Morgan fingerprint density at radius 3 is 2.74 bits per heavy atom. The number of furan rings is 1. The number of cyclic esters (lactones) is 1. The van der Waals surface area contributed by atoms with Gasteiger partial charge < -0.3 is 23.7 Å². The summed E-state index contributed by atoms with van der Waals surface area (Å²) >= 11 is 0. The average Bonchev–Trinajstić information content (AvgIpc) is 3.24. The predicted octanol–water partition coefficient (Wildman–Crippen LogP) is 1.66. The number of esters is 2. The number of fused-ring (bicyclic) bond motifs is 2. The van der Waals surface area contributed by atoms with Crippen molar-refractivity contribution in [2.45, 2.75) is 56.7 Å². The van der Waals surface area contributed by atoms with Crippen molar-refractivity contribution in [3.05, 3.63) is 35.8 Å². The molecule has 0 aromatic carbocycles. The molecule has 0 amide bonds. The van der Waals surface area contributed by atoms with E-state index in [-0.39, 0.29) is 18.0 Å². The first-order valence-corrected chi connectivity index (χ1v) is 9.33. The van der Waals surface area contributed by atoms with Crippen LogP contribution in [0.2, 0.25) is 0 Å². The molecule has 7 heteroatoms. The van der Waals surface area contributed by atoms with Crippen LogP contribution in [0, 0.1) is 16.7 Å². The second kappa shape index (κ2) is 4.47. The molecule has 6 aliphatic rings. The number of hydrogen-bond acceptors (Lipinski definition) is 7. The molecule has 1 saturated carbocycles. The van der Waals surface area contributed by atoms with Crippen molar-refractivity contribution >= 4 is 11.9 Å². The highest BCUT2D eigenvalue weighted by atomic mass is 16.7. The third kappa shape index (κ3) is 1.59. The van der Waals surface area contributed by atoms with Gasteiger partial charge in [-0.3, -0.25) is 0 Å². The molecule has 142 valence electrons. The highest BCUT2D eigenvalue weighted by Crippen LogP contribution is 2.70. The molecule has 1 N–H and O–H groups in total. The standard InChI is InChI=1S/C20H20O7/c1-18-7-11(9-4-6-24-8-9)25-16(21)10(18)3-5-19(2)14(18)12-13-15(26-13)20(19,23)17(22)27-12/h3-4,6,8,11-15,23H,5,7H2,1-2H3/t11-,12-,13+,14+,15+,18-,19-,20+/m0/s1. The van der Waals surface area contributed by atoms with Crippen molar-refractivity contribution in [1.29, 1.82) is 0 Å². The molecule has 0 unspecified atom stereocenters. The van der Waals surface area contributed by atoms with Gasteiger partial charge in [0.05, 0.1) is 12.5 Å². The molecule has 0 radical (unpaired) electrons. The largest absolute Gasteiger partial charge is 0.472 e. The Kier molecular flexibility index (Phi) is 2.63. The summed E-state index contributed by atoms with van der Waals surface area (Å²) in [7, 11) is 0. The van der Waals surface area contributed by atoms with Crippen LogP contribution in [0.25, 0.3) is 0 Å². The lowest BCUT2D eigenvalue weighted by atomic mass is 9.43. The Labute approximate surface area is 155 Å². The fourth-order valence-electron chi connectivity index (χ4n) is 6.40. The molecule has 27 heavy (non-hydrogen) atoms. The van der Waals surface area contributed by atoms with Gasteiger partial charge in [0.25, 0.3) is 0 Å². The zero-order valence-corrected chi connectivity index (χ0v) is 15.0. The molecule has 4 aliphatic heterocycles. The molecular weight excluding hydrogens is 352 g/mol. The topological polar surface area (TPSA) is 98.5 Å². The maximum absolute atomic E-state index is 12.8. The first-order chi connectivity index (χ1) is 12.8. The Morgan fingerprint density at radius 1 is 1.19 bits per heavy atom. The normalized spacial score (nSPS) is 52.1. The van der Waals surface area contributed by atoms with Crippen LogP contribution in [0.5, 0.6) is 0 Å². The van der Waals surface area contributed by atoms with Crippen LogP contribution < -0.4 is 0 Å². The maximum Gasteiger partial charge on any atom is 0.342 e. The molecule has 2 aliphatic carbocycles. The Hall–Kier alpha value is -2.12. The van der Waals surface area contributed by atoms with Gasteiger partial charge in [-0.2, -0.15) is 0 Å². The van der Waals surface area contributed by atoms with Crippen molar-refractivity contribution in [1.82, 2.24) is 0 Å². The molecule has 5 heterocycles. The lowest BCUT2D eigenvalue weighted by molar-refractivity contribution is -0.258. The van der Waals surface area contributed by atoms with Crippen molar-refractivity contribution in [2.24, 2.45) is 16.7 Å². The monoisotopic (exact) mass is 372 g/mol. The van der Waals surface area contributed by atoms with E-state index in [4.69, 9.17) is 18.6 Å². The van der Waals surface area contributed by atoms with Gasteiger partial charge in [-0.1, -0.05) is 19.9 Å². The van der Waals surface area contributed by atoms with Crippen LogP contribution >= 0.6 is 0 Å². The Bertz CT molecular complexity index is 903. The Morgan fingerprint density at radius 2 is 2.00 bits per heavy atom. The fourth-order valence-corrected chi connectivity index (χ4v) is 6.40. The van der Waals surface area contributed by atoms with E-state index < -0.39 is 40.7 Å². The quantitative estimate of drug-likeness (QED) is 0.591. The number of ether oxygens (including phenoxy) is 3. The van der Waals surface area contributed by atoms with Gasteiger partial charge in [-0.25, -0.2) is 9.59 Å². The molecule has 4 saturated heterocycles. The summed E-state index contributed by atoms with van der Waals surface area (Å²) in [6.07, 6.45) is 4.20. The number of hydrogen-bond donors (Lipinski definition) is 1. The Balaban J connectivity index is 1.51. The molecule has 5 fully saturated rings. The van der Waals surface area contributed by atoms with E-state index in [2.05, 4.69) is 0 Å². The number of aliphatic hydroxyl groups is 1. The lowest BCUT2D eigenvalue weighted by Crippen LogP contribution is -2.75. The van der Waals surface area contributed by atoms with E-state index >= 15 is 0 Å². The van der Waals surface area contributed by atoms with Crippen LogP contribution in [0.1, 0.15) is 38.4 Å². The highest BCUT2D eigenvalue weighted by Gasteiger charge is 2.83. The SMILES string of the molecule is C[C@]12C[C@@H](c3ccoc3)OC(=O)C1=CC[C@@]1(C)[C@@H]2[C@H]2OC(=O)[C@]1(O)[C@@H]1O[C@H]21. The van der Waals surface area contributed by atoms with Gasteiger partial charge in [-0.15, -0.1) is 0 Å². The molecule has 7 rings (SSSR count). The molecule has 2 bridgehead atoms. The minimum atomic E-state index is -1.69. The average molecular weight is 372 g/mol. The lowest BCUT2D eigenvalue weighted by Gasteiger charge is -2.63. The summed E-state index contributed by atoms with van der Waals surface area (Å²) in [5.41, 5.74) is -1.65. The number of epoxide rings is 1. The van der Waals surface area contributed by atoms with Gasteiger partial charge in [0.2, 0.25) is 0 Å². The van der Waals surface area contributed by atoms with E-state index in [1.54, 1.807) is 18.6 Å². The second-order valence-corrected chi connectivity index (χ2v) is 8.95. The van der Waals surface area contributed by atoms with E-state index in [9.17, 15) is 14.7 Å². The summed E-state index contributed by atoms with van der Waals surface area (Å²) in [5, 5.41) is 11.4. The van der Waals surface area contributed by atoms with Crippen molar-refractivity contribution in [2.75, 3.05) is 0 Å². The van der Waals surface area contributed by atoms with Crippen molar-refractivity contribution in [3.8, 4) is 0 Å². The zero-order valence-electron chi connectivity index (χ0n) is 15.0.